The van der Waals surface area contributed by atoms with Gasteiger partial charge in [0.05, 0.1) is 0 Å². The van der Waals surface area contributed by atoms with Crippen LogP contribution in [0, 0.1) is 0 Å². The monoisotopic (exact) mass is 231 g/mol. The first-order valence-corrected chi connectivity index (χ1v) is 6.73. The van der Waals surface area contributed by atoms with Crippen LogP contribution in [-0.4, -0.2) is 42.6 Å². The lowest BCUT2D eigenvalue weighted by atomic mass is 9.64. The van der Waals surface area contributed by atoms with Crippen molar-refractivity contribution >= 4 is 0 Å². The van der Waals surface area contributed by atoms with Gasteiger partial charge in [-0.2, -0.15) is 0 Å². The predicted molar refractivity (Wildman–Crippen MR) is 69.1 cm³/mol. The second-order valence-electron chi connectivity index (χ2n) is 5.40. The van der Waals surface area contributed by atoms with E-state index in [2.05, 4.69) is 27.3 Å². The van der Waals surface area contributed by atoms with Gasteiger partial charge in [-0.3, -0.25) is 9.88 Å². The molecule has 3 heteroatoms. The number of nitrogens with zero attached hydrogens (tertiary/aromatic N) is 2. The van der Waals surface area contributed by atoms with Gasteiger partial charge in [-0.05, 0) is 30.5 Å². The molecule has 3 nitrogen and oxygen atoms in total. The van der Waals surface area contributed by atoms with Gasteiger partial charge in [-0.1, -0.05) is 6.42 Å². The van der Waals surface area contributed by atoms with Crippen LogP contribution in [-0.2, 0) is 5.41 Å². The molecule has 1 saturated carbocycles. The third kappa shape index (κ3) is 2.22. The van der Waals surface area contributed by atoms with E-state index in [1.165, 1.54) is 44.5 Å². The van der Waals surface area contributed by atoms with Crippen LogP contribution in [0.3, 0.4) is 0 Å². The molecular formula is C14H21N3. The number of rotatable bonds is 3. The summed E-state index contributed by atoms with van der Waals surface area (Å²) < 4.78 is 0. The highest BCUT2D eigenvalue weighted by Gasteiger charge is 2.40. The van der Waals surface area contributed by atoms with Crippen LogP contribution in [0.5, 0.6) is 0 Å². The Morgan fingerprint density at radius 1 is 1.18 bits per heavy atom. The summed E-state index contributed by atoms with van der Waals surface area (Å²) in [5.41, 5.74) is 1.93. The van der Waals surface area contributed by atoms with Crippen molar-refractivity contribution < 1.29 is 0 Å². The van der Waals surface area contributed by atoms with Crippen molar-refractivity contribution in [3.8, 4) is 0 Å². The molecule has 2 heterocycles. The summed E-state index contributed by atoms with van der Waals surface area (Å²) in [6.45, 7) is 5.93. The Kier molecular flexibility index (Phi) is 3.12. The highest BCUT2D eigenvalue weighted by Crippen LogP contribution is 2.44. The SMILES string of the molecule is c1cc(C2(CN3CCNCC3)CCC2)ccn1. The van der Waals surface area contributed by atoms with Gasteiger partial charge in [0.25, 0.3) is 0 Å². The van der Waals surface area contributed by atoms with E-state index >= 15 is 0 Å². The Morgan fingerprint density at radius 2 is 1.88 bits per heavy atom. The molecule has 0 atom stereocenters. The number of pyridine rings is 1. The Bertz CT molecular complexity index is 353. The summed E-state index contributed by atoms with van der Waals surface area (Å²) in [6, 6.07) is 4.42. The van der Waals surface area contributed by atoms with Crippen LogP contribution in [0.2, 0.25) is 0 Å². The molecule has 0 unspecified atom stereocenters. The molecule has 2 fully saturated rings. The third-order valence-corrected chi connectivity index (χ3v) is 4.34. The van der Waals surface area contributed by atoms with Crippen LogP contribution < -0.4 is 5.32 Å². The number of hydrogen-bond acceptors (Lipinski definition) is 3. The molecule has 92 valence electrons. The van der Waals surface area contributed by atoms with E-state index in [1.807, 2.05) is 12.4 Å². The molecule has 0 aromatic carbocycles. The maximum atomic E-state index is 4.14. The summed E-state index contributed by atoms with van der Waals surface area (Å²) in [5.74, 6) is 0. The maximum Gasteiger partial charge on any atom is 0.0270 e. The minimum absolute atomic E-state index is 0.431. The van der Waals surface area contributed by atoms with Crippen molar-refractivity contribution in [2.24, 2.45) is 0 Å². The molecule has 17 heavy (non-hydrogen) atoms. The highest BCUT2D eigenvalue weighted by molar-refractivity contribution is 5.26. The molecule has 0 radical (unpaired) electrons. The standard InChI is InChI=1S/C14H21N3/c1-4-14(5-1,13-2-6-15-7-3-13)12-17-10-8-16-9-11-17/h2-3,6-7,16H,1,4-5,8-12H2. The largest absolute Gasteiger partial charge is 0.314 e. The maximum absolute atomic E-state index is 4.14. The van der Waals surface area contributed by atoms with Crippen LogP contribution in [0.15, 0.2) is 24.5 Å². The van der Waals surface area contributed by atoms with Crippen LogP contribution in [0.25, 0.3) is 0 Å². The van der Waals surface area contributed by atoms with E-state index in [0.29, 0.717) is 5.41 Å². The molecular weight excluding hydrogens is 210 g/mol. The first-order valence-electron chi connectivity index (χ1n) is 6.73. The highest BCUT2D eigenvalue weighted by atomic mass is 15.2. The van der Waals surface area contributed by atoms with Crippen molar-refractivity contribution in [2.45, 2.75) is 24.7 Å². The van der Waals surface area contributed by atoms with Gasteiger partial charge in [0, 0.05) is 50.5 Å². The summed E-state index contributed by atoms with van der Waals surface area (Å²) in [6.07, 6.45) is 7.95. The molecule has 1 aliphatic carbocycles. The number of hydrogen-bond donors (Lipinski definition) is 1. The average molecular weight is 231 g/mol. The van der Waals surface area contributed by atoms with Crippen LogP contribution in [0.1, 0.15) is 24.8 Å². The smallest absolute Gasteiger partial charge is 0.0270 e. The van der Waals surface area contributed by atoms with E-state index in [-0.39, 0.29) is 0 Å². The number of nitrogens with one attached hydrogen (secondary N) is 1. The van der Waals surface area contributed by atoms with E-state index < -0.39 is 0 Å². The number of aromatic nitrogens is 1. The Morgan fingerprint density at radius 3 is 2.47 bits per heavy atom. The van der Waals surface area contributed by atoms with E-state index in [1.54, 1.807) is 0 Å². The van der Waals surface area contributed by atoms with Gasteiger partial charge in [0.2, 0.25) is 0 Å². The molecule has 1 N–H and O–H groups in total. The summed E-state index contributed by atoms with van der Waals surface area (Å²) in [5, 5.41) is 3.42. The fourth-order valence-electron chi connectivity index (χ4n) is 3.14. The lowest BCUT2D eigenvalue weighted by Gasteiger charge is -2.46. The molecule has 0 bridgehead atoms. The second kappa shape index (κ2) is 4.75. The normalized spacial score (nSPS) is 24.2. The van der Waals surface area contributed by atoms with Crippen molar-refractivity contribution in [2.75, 3.05) is 32.7 Å². The predicted octanol–water partition coefficient (Wildman–Crippen LogP) is 1.41. The Labute approximate surface area is 103 Å². The zero-order valence-electron chi connectivity index (χ0n) is 10.4. The van der Waals surface area contributed by atoms with Crippen LogP contribution >= 0.6 is 0 Å². The van der Waals surface area contributed by atoms with Crippen molar-refractivity contribution in [3.05, 3.63) is 30.1 Å². The summed E-state index contributed by atoms with van der Waals surface area (Å²) >= 11 is 0. The van der Waals surface area contributed by atoms with Crippen molar-refractivity contribution in [1.82, 2.24) is 15.2 Å². The summed E-state index contributed by atoms with van der Waals surface area (Å²) in [4.78, 5) is 6.76. The van der Waals surface area contributed by atoms with Gasteiger partial charge >= 0.3 is 0 Å². The minimum Gasteiger partial charge on any atom is -0.314 e. The molecule has 0 spiro atoms. The van der Waals surface area contributed by atoms with E-state index in [0.717, 1.165) is 13.1 Å². The summed E-state index contributed by atoms with van der Waals surface area (Å²) in [7, 11) is 0. The second-order valence-corrected chi connectivity index (χ2v) is 5.40. The lowest BCUT2D eigenvalue weighted by Crippen LogP contribution is -2.51. The van der Waals surface area contributed by atoms with E-state index in [9.17, 15) is 0 Å². The topological polar surface area (TPSA) is 28.2 Å². The molecule has 1 aromatic heterocycles. The zero-order valence-corrected chi connectivity index (χ0v) is 10.4. The van der Waals surface area contributed by atoms with Gasteiger partial charge < -0.3 is 5.32 Å². The first kappa shape index (κ1) is 11.2. The molecule has 1 saturated heterocycles. The Hall–Kier alpha value is -0.930. The fourth-order valence-corrected chi connectivity index (χ4v) is 3.14. The fraction of sp³-hybridized carbons (Fsp3) is 0.643. The number of piperazine rings is 1. The average Bonchev–Trinajstić information content (AvgIpc) is 2.36. The lowest BCUT2D eigenvalue weighted by molar-refractivity contribution is 0.128. The van der Waals surface area contributed by atoms with Crippen LogP contribution in [0.4, 0.5) is 0 Å². The first-order chi connectivity index (χ1) is 8.39. The van der Waals surface area contributed by atoms with Gasteiger partial charge in [0.1, 0.15) is 0 Å². The molecule has 1 aliphatic heterocycles. The zero-order chi connectivity index (χ0) is 11.6. The Balaban J connectivity index is 1.73. The molecule has 1 aromatic rings. The quantitative estimate of drug-likeness (QED) is 0.852. The minimum atomic E-state index is 0.431. The van der Waals surface area contributed by atoms with Crippen molar-refractivity contribution in [3.63, 3.8) is 0 Å². The van der Waals surface area contributed by atoms with Gasteiger partial charge in [0.15, 0.2) is 0 Å². The van der Waals surface area contributed by atoms with Crippen molar-refractivity contribution in [1.29, 1.82) is 0 Å². The molecule has 2 aliphatic rings. The van der Waals surface area contributed by atoms with E-state index in [4.69, 9.17) is 0 Å². The third-order valence-electron chi connectivity index (χ3n) is 4.34. The van der Waals surface area contributed by atoms with Gasteiger partial charge in [-0.25, -0.2) is 0 Å². The molecule has 3 rings (SSSR count). The van der Waals surface area contributed by atoms with Gasteiger partial charge in [-0.15, -0.1) is 0 Å². The molecule has 0 amide bonds.